The zero-order valence-corrected chi connectivity index (χ0v) is 14.8. The summed E-state index contributed by atoms with van der Waals surface area (Å²) in [6.45, 7) is 5.69. The van der Waals surface area contributed by atoms with Gasteiger partial charge in [-0.05, 0) is 36.2 Å². The molecule has 1 amide bonds. The predicted octanol–water partition coefficient (Wildman–Crippen LogP) is 2.91. The number of nitrogen functional groups attached to an aromatic ring is 1. The first-order valence-corrected chi connectivity index (χ1v) is 8.31. The van der Waals surface area contributed by atoms with Crippen LogP contribution in [0, 0.1) is 0 Å². The van der Waals surface area contributed by atoms with Gasteiger partial charge in [0.15, 0.2) is 0 Å². The van der Waals surface area contributed by atoms with Crippen molar-refractivity contribution in [1.29, 1.82) is 0 Å². The molecule has 27 heavy (non-hydrogen) atoms. The molecule has 3 aromatic heterocycles. The fourth-order valence-electron chi connectivity index (χ4n) is 2.31. The second-order valence-electron chi connectivity index (χ2n) is 5.72. The monoisotopic (exact) mass is 361 g/mol. The Labute approximate surface area is 156 Å². The molecule has 0 unspecified atom stereocenters. The zero-order valence-electron chi connectivity index (χ0n) is 14.8. The summed E-state index contributed by atoms with van der Waals surface area (Å²) in [5, 5.41) is 5.82. The van der Waals surface area contributed by atoms with Crippen LogP contribution in [0.15, 0.2) is 61.5 Å². The van der Waals surface area contributed by atoms with E-state index in [1.165, 1.54) is 6.33 Å². The van der Waals surface area contributed by atoms with Gasteiger partial charge in [0, 0.05) is 29.9 Å². The second-order valence-corrected chi connectivity index (χ2v) is 5.72. The van der Waals surface area contributed by atoms with Crippen molar-refractivity contribution in [1.82, 2.24) is 25.3 Å². The number of hydrogen-bond acceptors (Lipinski definition) is 7. The molecule has 0 aliphatic carbocycles. The summed E-state index contributed by atoms with van der Waals surface area (Å²) in [7, 11) is 0. The third kappa shape index (κ3) is 4.43. The van der Waals surface area contributed by atoms with Crippen molar-refractivity contribution in [2.75, 3.05) is 11.1 Å². The Morgan fingerprint density at radius 2 is 1.96 bits per heavy atom. The number of nitrogens with zero attached hydrogens (tertiary/aromatic N) is 4. The van der Waals surface area contributed by atoms with E-state index in [9.17, 15) is 4.79 Å². The summed E-state index contributed by atoms with van der Waals surface area (Å²) < 4.78 is 0. The van der Waals surface area contributed by atoms with Crippen molar-refractivity contribution in [3.05, 3.63) is 67.0 Å². The molecular weight excluding hydrogens is 342 g/mol. The zero-order chi connectivity index (χ0) is 19.2. The van der Waals surface area contributed by atoms with Gasteiger partial charge in [-0.15, -0.1) is 0 Å². The quantitative estimate of drug-likeness (QED) is 0.617. The van der Waals surface area contributed by atoms with E-state index in [1.807, 2.05) is 19.1 Å². The molecule has 0 fully saturated rings. The molecule has 0 saturated heterocycles. The summed E-state index contributed by atoms with van der Waals surface area (Å²) in [6, 6.07) is 7.10. The van der Waals surface area contributed by atoms with E-state index < -0.39 is 0 Å². The number of aromatic nitrogens is 4. The van der Waals surface area contributed by atoms with Crippen molar-refractivity contribution < 1.29 is 4.79 Å². The third-order valence-corrected chi connectivity index (χ3v) is 3.81. The first-order valence-electron chi connectivity index (χ1n) is 8.31. The van der Waals surface area contributed by atoms with E-state index in [-0.39, 0.29) is 11.7 Å². The molecule has 0 radical (unpaired) electrons. The van der Waals surface area contributed by atoms with Gasteiger partial charge in [0.1, 0.15) is 23.8 Å². The van der Waals surface area contributed by atoms with E-state index in [0.717, 1.165) is 11.1 Å². The average Bonchev–Trinajstić information content (AvgIpc) is 2.69. The smallest absolute Gasteiger partial charge is 0.259 e. The van der Waals surface area contributed by atoms with Crippen LogP contribution >= 0.6 is 0 Å². The summed E-state index contributed by atoms with van der Waals surface area (Å²) >= 11 is 0. The highest BCUT2D eigenvalue weighted by Gasteiger charge is 2.13. The predicted molar refractivity (Wildman–Crippen MR) is 104 cm³/mol. The van der Waals surface area contributed by atoms with Crippen LogP contribution in [0.25, 0.3) is 11.1 Å². The van der Waals surface area contributed by atoms with Gasteiger partial charge in [0.2, 0.25) is 0 Å². The van der Waals surface area contributed by atoms with Gasteiger partial charge < -0.3 is 16.4 Å². The first-order chi connectivity index (χ1) is 13.1. The largest absolute Gasteiger partial charge is 0.383 e. The number of nitrogens with two attached hydrogens (primary N) is 1. The van der Waals surface area contributed by atoms with Crippen LogP contribution < -0.4 is 16.4 Å². The van der Waals surface area contributed by atoms with Crippen LogP contribution in [0.2, 0.25) is 0 Å². The lowest BCUT2D eigenvalue weighted by atomic mass is 10.1. The summed E-state index contributed by atoms with van der Waals surface area (Å²) in [4.78, 5) is 28.8. The highest BCUT2D eigenvalue weighted by Crippen LogP contribution is 2.24. The Morgan fingerprint density at radius 3 is 2.70 bits per heavy atom. The van der Waals surface area contributed by atoms with E-state index >= 15 is 0 Å². The van der Waals surface area contributed by atoms with Crippen LogP contribution in [-0.4, -0.2) is 25.8 Å². The molecule has 0 aliphatic heterocycles. The SMILES string of the molecule is C=C(CC)NC(=O)c1cc(-c2ccnc(Nc3ccncn3)c2)cnc1N. The van der Waals surface area contributed by atoms with Crippen LogP contribution in [0.3, 0.4) is 0 Å². The maximum absolute atomic E-state index is 12.4. The molecule has 0 bridgehead atoms. The van der Waals surface area contributed by atoms with Gasteiger partial charge in [-0.25, -0.2) is 19.9 Å². The molecule has 3 aromatic rings. The van der Waals surface area contributed by atoms with Gasteiger partial charge in [-0.2, -0.15) is 0 Å². The second kappa shape index (κ2) is 8.05. The van der Waals surface area contributed by atoms with E-state index in [1.54, 1.807) is 30.7 Å². The normalized spacial score (nSPS) is 10.3. The number of rotatable bonds is 6. The molecule has 0 aromatic carbocycles. The van der Waals surface area contributed by atoms with Crippen molar-refractivity contribution in [2.45, 2.75) is 13.3 Å². The standard InChI is InChI=1S/C19H19N7O/c1-3-12(2)25-19(27)15-8-14(10-23-18(15)20)13-4-7-22-17(9-13)26-16-5-6-21-11-24-16/h4-11H,2-3H2,1H3,(H2,20,23)(H,25,27)(H,21,22,24,26). The minimum Gasteiger partial charge on any atom is -0.383 e. The number of carbonyl (C=O) groups is 1. The average molecular weight is 361 g/mol. The summed E-state index contributed by atoms with van der Waals surface area (Å²) in [6.07, 6.45) is 7.00. The van der Waals surface area contributed by atoms with E-state index in [0.29, 0.717) is 29.3 Å². The van der Waals surface area contributed by atoms with Crippen LogP contribution in [0.4, 0.5) is 17.5 Å². The van der Waals surface area contributed by atoms with Crippen molar-refractivity contribution >= 4 is 23.4 Å². The minimum atomic E-state index is -0.331. The number of nitrogens with one attached hydrogen (secondary N) is 2. The van der Waals surface area contributed by atoms with Crippen molar-refractivity contribution in [2.24, 2.45) is 0 Å². The number of pyridine rings is 2. The number of anilines is 3. The fraction of sp³-hybridized carbons (Fsp3) is 0.105. The Hall–Kier alpha value is -3.81. The lowest BCUT2D eigenvalue weighted by molar-refractivity contribution is 0.0965. The molecule has 3 heterocycles. The topological polar surface area (TPSA) is 119 Å². The number of hydrogen-bond donors (Lipinski definition) is 3. The van der Waals surface area contributed by atoms with Crippen molar-refractivity contribution in [3.8, 4) is 11.1 Å². The highest BCUT2D eigenvalue weighted by atomic mass is 16.1. The molecule has 136 valence electrons. The number of carbonyl (C=O) groups excluding carboxylic acids is 1. The van der Waals surface area contributed by atoms with Gasteiger partial charge in [-0.1, -0.05) is 13.5 Å². The summed E-state index contributed by atoms with van der Waals surface area (Å²) in [5.74, 6) is 1.06. The number of allylic oxidation sites excluding steroid dienone is 1. The van der Waals surface area contributed by atoms with Crippen LogP contribution in [0.1, 0.15) is 23.7 Å². The molecule has 8 heteroatoms. The lowest BCUT2D eigenvalue weighted by Crippen LogP contribution is -2.23. The molecule has 0 atom stereocenters. The van der Waals surface area contributed by atoms with Crippen LogP contribution in [-0.2, 0) is 0 Å². The molecule has 4 N–H and O–H groups in total. The van der Waals surface area contributed by atoms with Crippen LogP contribution in [0.5, 0.6) is 0 Å². The molecule has 0 spiro atoms. The molecular formula is C19H19N7O. The highest BCUT2D eigenvalue weighted by molar-refractivity contribution is 6.00. The third-order valence-electron chi connectivity index (χ3n) is 3.81. The van der Waals surface area contributed by atoms with E-state index in [2.05, 4.69) is 37.1 Å². The maximum Gasteiger partial charge on any atom is 0.259 e. The lowest BCUT2D eigenvalue weighted by Gasteiger charge is -2.11. The van der Waals surface area contributed by atoms with Crippen molar-refractivity contribution in [3.63, 3.8) is 0 Å². The fourth-order valence-corrected chi connectivity index (χ4v) is 2.31. The summed E-state index contributed by atoms with van der Waals surface area (Å²) in [5.41, 5.74) is 8.36. The molecule has 8 nitrogen and oxygen atoms in total. The Morgan fingerprint density at radius 1 is 1.11 bits per heavy atom. The molecule has 3 rings (SSSR count). The Kier molecular flexibility index (Phi) is 5.36. The minimum absolute atomic E-state index is 0.161. The Balaban J connectivity index is 1.88. The number of amides is 1. The Bertz CT molecular complexity index is 973. The van der Waals surface area contributed by atoms with Gasteiger partial charge in [0.25, 0.3) is 5.91 Å². The van der Waals surface area contributed by atoms with Gasteiger partial charge >= 0.3 is 0 Å². The molecule has 0 aliphatic rings. The molecule has 0 saturated carbocycles. The van der Waals surface area contributed by atoms with Gasteiger partial charge in [-0.3, -0.25) is 4.79 Å². The van der Waals surface area contributed by atoms with E-state index in [4.69, 9.17) is 5.73 Å². The maximum atomic E-state index is 12.4. The first kappa shape index (κ1) is 18.0. The van der Waals surface area contributed by atoms with Gasteiger partial charge in [0.05, 0.1) is 5.56 Å².